The lowest BCUT2D eigenvalue weighted by molar-refractivity contribution is 0.143. The lowest BCUT2D eigenvalue weighted by Gasteiger charge is -2.09. The number of nitrogens with zero attached hydrogens (tertiary/aromatic N) is 2. The van der Waals surface area contributed by atoms with Gasteiger partial charge in [-0.3, -0.25) is 0 Å². The maximum Gasteiger partial charge on any atom is 0.218 e. The average Bonchev–Trinajstić information content (AvgIpc) is 2.60. The van der Waals surface area contributed by atoms with Crippen molar-refractivity contribution in [3.63, 3.8) is 0 Å². The van der Waals surface area contributed by atoms with Gasteiger partial charge < -0.3 is 20.5 Å². The van der Waals surface area contributed by atoms with Crippen LogP contribution in [0.5, 0.6) is 5.88 Å². The Morgan fingerprint density at radius 3 is 2.79 bits per heavy atom. The molecule has 0 fully saturated rings. The molecule has 0 radical (unpaired) electrons. The molecular formula is C18H32N4O2. The summed E-state index contributed by atoms with van der Waals surface area (Å²) in [5.74, 6) is 1.05. The minimum Gasteiger partial charge on any atom is -0.475 e. The second-order valence-corrected chi connectivity index (χ2v) is 5.70. The zero-order valence-electron chi connectivity index (χ0n) is 15.1. The predicted molar refractivity (Wildman–Crippen MR) is 98.3 cm³/mol. The number of hydrogen-bond acceptors (Lipinski definition) is 4. The lowest BCUT2D eigenvalue weighted by atomic mass is 10.1. The van der Waals surface area contributed by atoms with Crippen LogP contribution in [0.25, 0.3) is 0 Å². The van der Waals surface area contributed by atoms with Gasteiger partial charge in [-0.25, -0.2) is 9.98 Å². The van der Waals surface area contributed by atoms with E-state index in [9.17, 15) is 0 Å². The molecule has 1 aromatic rings. The summed E-state index contributed by atoms with van der Waals surface area (Å²) < 4.78 is 10.6. The average molecular weight is 336 g/mol. The molecule has 0 aliphatic carbocycles. The van der Waals surface area contributed by atoms with Gasteiger partial charge in [-0.2, -0.15) is 0 Å². The number of nitrogens with one attached hydrogen (secondary N) is 1. The molecule has 6 heteroatoms. The van der Waals surface area contributed by atoms with Crippen molar-refractivity contribution in [2.75, 3.05) is 26.9 Å². The molecule has 3 N–H and O–H groups in total. The van der Waals surface area contributed by atoms with E-state index in [0.29, 0.717) is 31.6 Å². The highest BCUT2D eigenvalue weighted by molar-refractivity contribution is 5.77. The predicted octanol–water partition coefficient (Wildman–Crippen LogP) is 2.87. The summed E-state index contributed by atoms with van der Waals surface area (Å²) in [7, 11) is 1.64. The van der Waals surface area contributed by atoms with Gasteiger partial charge in [0.2, 0.25) is 5.88 Å². The number of aromatic nitrogens is 1. The molecule has 0 saturated heterocycles. The Bertz CT molecular complexity index is 466. The van der Waals surface area contributed by atoms with Gasteiger partial charge in [-0.15, -0.1) is 0 Å². The molecule has 24 heavy (non-hydrogen) atoms. The fourth-order valence-electron chi connectivity index (χ4n) is 2.24. The third kappa shape index (κ3) is 9.35. The molecule has 0 atom stereocenters. The van der Waals surface area contributed by atoms with E-state index in [-0.39, 0.29) is 0 Å². The number of pyridine rings is 1. The van der Waals surface area contributed by atoms with Crippen LogP contribution in [-0.4, -0.2) is 37.8 Å². The molecule has 0 aromatic carbocycles. The minimum atomic E-state index is 0.450. The second kappa shape index (κ2) is 13.6. The molecule has 136 valence electrons. The third-order valence-electron chi connectivity index (χ3n) is 3.63. The Morgan fingerprint density at radius 2 is 2.00 bits per heavy atom. The van der Waals surface area contributed by atoms with Crippen molar-refractivity contribution in [3.8, 4) is 5.88 Å². The molecule has 0 bridgehead atoms. The normalized spacial score (nSPS) is 11.5. The summed E-state index contributed by atoms with van der Waals surface area (Å²) in [6, 6.07) is 3.81. The molecule has 0 aliphatic rings. The first-order chi connectivity index (χ1) is 11.8. The summed E-state index contributed by atoms with van der Waals surface area (Å²) >= 11 is 0. The highest BCUT2D eigenvalue weighted by Crippen LogP contribution is 2.15. The first-order valence-electron chi connectivity index (χ1n) is 8.87. The van der Waals surface area contributed by atoms with Crippen molar-refractivity contribution in [1.29, 1.82) is 0 Å². The number of aliphatic imine (C=N–C) groups is 1. The number of hydrogen-bond donors (Lipinski definition) is 2. The standard InChI is InChI=1S/C18H32N4O2/c1-3-4-5-6-7-8-11-21-18(19)22-15-16-10-9-12-20-17(16)24-14-13-23-2/h9-10,12H,3-8,11,13-15H2,1-2H3,(H3,19,21,22). The number of methoxy groups -OCH3 is 1. The second-order valence-electron chi connectivity index (χ2n) is 5.70. The van der Waals surface area contributed by atoms with Gasteiger partial charge >= 0.3 is 0 Å². The van der Waals surface area contributed by atoms with E-state index in [1.165, 1.54) is 32.1 Å². The highest BCUT2D eigenvalue weighted by Gasteiger charge is 2.04. The molecule has 0 aliphatic heterocycles. The molecule has 0 saturated carbocycles. The Morgan fingerprint density at radius 1 is 1.21 bits per heavy atom. The molecule has 0 amide bonds. The van der Waals surface area contributed by atoms with Crippen LogP contribution in [0, 0.1) is 0 Å². The molecule has 6 nitrogen and oxygen atoms in total. The summed E-state index contributed by atoms with van der Waals surface area (Å²) in [6.07, 6.45) is 9.30. The van der Waals surface area contributed by atoms with Crippen LogP contribution in [0.15, 0.2) is 23.3 Å². The van der Waals surface area contributed by atoms with Crippen LogP contribution >= 0.6 is 0 Å². The quantitative estimate of drug-likeness (QED) is 0.329. The van der Waals surface area contributed by atoms with E-state index in [1.807, 2.05) is 12.1 Å². The van der Waals surface area contributed by atoms with Crippen molar-refractivity contribution in [2.45, 2.75) is 52.0 Å². The van der Waals surface area contributed by atoms with Gasteiger partial charge in [0.05, 0.1) is 13.2 Å². The largest absolute Gasteiger partial charge is 0.475 e. The van der Waals surface area contributed by atoms with Crippen LogP contribution in [0.4, 0.5) is 0 Å². The van der Waals surface area contributed by atoms with E-state index < -0.39 is 0 Å². The van der Waals surface area contributed by atoms with E-state index in [4.69, 9.17) is 15.2 Å². The molecule has 1 heterocycles. The van der Waals surface area contributed by atoms with Crippen LogP contribution in [0.3, 0.4) is 0 Å². The topological polar surface area (TPSA) is 81.8 Å². The summed E-state index contributed by atoms with van der Waals surface area (Å²) in [6.45, 7) is 4.55. The van der Waals surface area contributed by atoms with Crippen molar-refractivity contribution in [2.24, 2.45) is 10.7 Å². The van der Waals surface area contributed by atoms with Gasteiger partial charge in [0.1, 0.15) is 6.61 Å². The number of guanidine groups is 1. The molecule has 0 unspecified atom stereocenters. The summed E-state index contributed by atoms with van der Waals surface area (Å²) in [5, 5.41) is 3.16. The Balaban J connectivity index is 2.29. The van der Waals surface area contributed by atoms with Crippen LogP contribution < -0.4 is 15.8 Å². The fraction of sp³-hybridized carbons (Fsp3) is 0.667. The van der Waals surface area contributed by atoms with Crippen molar-refractivity contribution < 1.29 is 9.47 Å². The monoisotopic (exact) mass is 336 g/mol. The smallest absolute Gasteiger partial charge is 0.218 e. The van der Waals surface area contributed by atoms with E-state index in [0.717, 1.165) is 18.5 Å². The van der Waals surface area contributed by atoms with E-state index in [1.54, 1.807) is 13.3 Å². The maximum atomic E-state index is 5.91. The van der Waals surface area contributed by atoms with Gasteiger partial charge in [0.15, 0.2) is 5.96 Å². The van der Waals surface area contributed by atoms with Crippen LogP contribution in [0.2, 0.25) is 0 Å². The number of ether oxygens (including phenoxy) is 2. The first kappa shape index (κ1) is 20.2. The fourth-order valence-corrected chi connectivity index (χ4v) is 2.24. The first-order valence-corrected chi connectivity index (χ1v) is 8.87. The van der Waals surface area contributed by atoms with Gasteiger partial charge in [0, 0.05) is 25.4 Å². The summed E-state index contributed by atoms with van der Waals surface area (Å²) in [4.78, 5) is 8.59. The number of nitrogens with two attached hydrogens (primary N) is 1. The van der Waals surface area contributed by atoms with Gasteiger partial charge in [-0.1, -0.05) is 45.1 Å². The Labute approximate surface area is 145 Å². The maximum absolute atomic E-state index is 5.91. The molecule has 1 rings (SSSR count). The SMILES string of the molecule is CCCCCCCCNC(N)=NCc1cccnc1OCCOC. The molecule has 0 spiro atoms. The number of rotatable bonds is 13. The third-order valence-corrected chi connectivity index (χ3v) is 3.63. The lowest BCUT2D eigenvalue weighted by Crippen LogP contribution is -2.32. The van der Waals surface area contributed by atoms with Crippen LogP contribution in [-0.2, 0) is 11.3 Å². The zero-order chi connectivity index (χ0) is 17.5. The Hall–Kier alpha value is -1.82. The molecule has 1 aromatic heterocycles. The highest BCUT2D eigenvalue weighted by atomic mass is 16.5. The molecular weight excluding hydrogens is 304 g/mol. The zero-order valence-corrected chi connectivity index (χ0v) is 15.1. The van der Waals surface area contributed by atoms with Crippen LogP contribution in [0.1, 0.15) is 51.0 Å². The van der Waals surface area contributed by atoms with E-state index >= 15 is 0 Å². The van der Waals surface area contributed by atoms with Crippen molar-refractivity contribution >= 4 is 5.96 Å². The van der Waals surface area contributed by atoms with E-state index in [2.05, 4.69) is 22.2 Å². The Kier molecular flexibility index (Phi) is 11.5. The summed E-state index contributed by atoms with van der Waals surface area (Å²) in [5.41, 5.74) is 6.83. The van der Waals surface area contributed by atoms with Crippen molar-refractivity contribution in [3.05, 3.63) is 23.9 Å². The minimum absolute atomic E-state index is 0.450. The van der Waals surface area contributed by atoms with Gasteiger partial charge in [-0.05, 0) is 12.5 Å². The van der Waals surface area contributed by atoms with Crippen molar-refractivity contribution in [1.82, 2.24) is 10.3 Å². The van der Waals surface area contributed by atoms with Gasteiger partial charge in [0.25, 0.3) is 0 Å². The number of unbranched alkanes of at least 4 members (excludes halogenated alkanes) is 5.